The maximum atomic E-state index is 10.1. The van der Waals surface area contributed by atoms with Crippen LogP contribution in [0.3, 0.4) is 0 Å². The Balaban J connectivity index is -0.000000282. The van der Waals surface area contributed by atoms with Crippen LogP contribution in [0.15, 0.2) is 0 Å². The summed E-state index contributed by atoms with van der Waals surface area (Å²) in [4.78, 5) is 30.2. The van der Waals surface area contributed by atoms with Crippen LogP contribution >= 0.6 is 0 Å². The largest absolute Gasteiger partial charge is 1.00 e. The number of carboxylic acids is 3. The van der Waals surface area contributed by atoms with E-state index in [0.717, 1.165) is 0 Å². The van der Waals surface area contributed by atoms with Crippen LogP contribution in [0.1, 0.15) is 19.3 Å². The fourth-order valence-corrected chi connectivity index (χ4v) is 0.994. The second-order valence-electron chi connectivity index (χ2n) is 2.87. The van der Waals surface area contributed by atoms with Crippen LogP contribution in [0.4, 0.5) is 0 Å². The molecule has 17 heavy (non-hydrogen) atoms. The van der Waals surface area contributed by atoms with Gasteiger partial charge >= 0.3 is 88.7 Å². The van der Waals surface area contributed by atoms with E-state index in [1.54, 1.807) is 0 Å². The first-order chi connectivity index (χ1) is 6.25. The second kappa shape index (κ2) is 12.4. The normalized spacial score (nSPS) is 9.00. The van der Waals surface area contributed by atoms with Crippen molar-refractivity contribution < 1.29 is 123 Å². The van der Waals surface area contributed by atoms with Gasteiger partial charge in [0.2, 0.25) is 0 Å². The first-order valence-electron chi connectivity index (χ1n) is 3.57. The van der Waals surface area contributed by atoms with Gasteiger partial charge in [0.15, 0.2) is 0 Å². The predicted octanol–water partition coefficient (Wildman–Crippen LogP) is -13.9. The molecule has 0 radical (unpaired) electrons. The van der Waals surface area contributed by atoms with Gasteiger partial charge in [0.25, 0.3) is 0 Å². The Morgan fingerprint density at radius 2 is 0.941 bits per heavy atom. The molecule has 0 unspecified atom stereocenters. The molecular weight excluding hydrogens is 265 g/mol. The van der Waals surface area contributed by atoms with Gasteiger partial charge in [-0.3, -0.25) is 0 Å². The monoisotopic (exact) mass is 272 g/mol. The smallest absolute Gasteiger partial charge is 0.550 e. The van der Waals surface area contributed by atoms with E-state index in [1.807, 2.05) is 0 Å². The summed E-state index contributed by atoms with van der Waals surface area (Å²) in [6.07, 6.45) is -3.31. The predicted molar refractivity (Wildman–Crippen MR) is 33.8 cm³/mol. The van der Waals surface area contributed by atoms with Gasteiger partial charge in [-0.15, -0.1) is 0 Å². The Kier molecular flexibility index (Phi) is 19.6. The fourth-order valence-electron chi connectivity index (χ4n) is 0.994. The van der Waals surface area contributed by atoms with Gasteiger partial charge in [0, 0.05) is 37.2 Å². The molecule has 0 heterocycles. The zero-order chi connectivity index (χ0) is 11.4. The molecule has 0 aliphatic rings. The number of hydrogen-bond donors (Lipinski definition) is 1. The summed E-state index contributed by atoms with van der Waals surface area (Å²) in [5, 5.41) is 39.5. The van der Waals surface area contributed by atoms with Crippen LogP contribution in [-0.4, -0.2) is 28.6 Å². The first kappa shape index (κ1) is 26.8. The molecule has 0 atom stereocenters. The molecule has 0 bridgehead atoms. The van der Waals surface area contributed by atoms with Crippen molar-refractivity contribution in [3.8, 4) is 0 Å². The van der Waals surface area contributed by atoms with Crippen molar-refractivity contribution in [3.05, 3.63) is 0 Å². The molecule has 0 amide bonds. The summed E-state index contributed by atoms with van der Waals surface area (Å²) in [6, 6.07) is 0. The Labute approximate surface area is 164 Å². The number of aliphatic hydroxyl groups is 1. The van der Waals surface area contributed by atoms with Crippen LogP contribution in [-0.2, 0) is 14.4 Å². The number of hydrogen-bond acceptors (Lipinski definition) is 7. The minimum absolute atomic E-state index is 0. The van der Waals surface area contributed by atoms with Crippen LogP contribution in [0.2, 0.25) is 0 Å². The van der Waals surface area contributed by atoms with E-state index >= 15 is 0 Å². The van der Waals surface area contributed by atoms with Gasteiger partial charge in [-0.25, -0.2) is 0 Å². The van der Waals surface area contributed by atoms with E-state index in [-0.39, 0.29) is 88.7 Å². The molecule has 0 aliphatic heterocycles. The molecule has 0 aromatic carbocycles. The number of aliphatic carboxylic acids is 3. The summed E-state index contributed by atoms with van der Waals surface area (Å²) in [6.45, 7) is 0. The molecule has 80 valence electrons. The summed E-state index contributed by atoms with van der Waals surface area (Å²) >= 11 is 0. The summed E-state index contributed by atoms with van der Waals surface area (Å²) < 4.78 is 0. The van der Waals surface area contributed by atoms with Crippen LogP contribution in [0.5, 0.6) is 0 Å². The standard InChI is InChI=1S/C7H10O7.3Na/c8-4(9)1-7(14,2-5(10)11)3-6(12)13;;;/h14H,1-3H2,(H,8,9)(H,10,11)(H,12,13);;;/q;3*+1/p-3. The molecule has 1 N–H and O–H groups in total. The molecule has 10 heteroatoms. The SMILES string of the molecule is O=C([O-])CC(O)(CC(=O)[O-])CC(=O)[O-].[Na+].[Na+].[Na+]. The topological polar surface area (TPSA) is 141 Å². The van der Waals surface area contributed by atoms with Crippen molar-refractivity contribution in [2.75, 3.05) is 0 Å². The van der Waals surface area contributed by atoms with Crippen molar-refractivity contribution in [1.82, 2.24) is 0 Å². The van der Waals surface area contributed by atoms with Gasteiger partial charge in [0.1, 0.15) is 0 Å². The molecule has 0 fully saturated rings. The third kappa shape index (κ3) is 15.3. The molecule has 0 saturated heterocycles. The summed E-state index contributed by atoms with van der Waals surface area (Å²) in [7, 11) is 0. The average molecular weight is 272 g/mol. The van der Waals surface area contributed by atoms with Gasteiger partial charge in [0.05, 0.1) is 5.60 Å². The maximum Gasteiger partial charge on any atom is 1.00 e. The molecule has 0 rings (SSSR count). The number of rotatable bonds is 6. The third-order valence-electron chi connectivity index (χ3n) is 1.42. The zero-order valence-electron chi connectivity index (χ0n) is 10.0. The van der Waals surface area contributed by atoms with E-state index < -0.39 is 42.8 Å². The quantitative estimate of drug-likeness (QED) is 0.473. The van der Waals surface area contributed by atoms with Gasteiger partial charge in [-0.05, 0) is 0 Å². The van der Waals surface area contributed by atoms with E-state index in [2.05, 4.69) is 0 Å². The number of carboxylic acid groups (broad SMARTS) is 3. The van der Waals surface area contributed by atoms with E-state index in [9.17, 15) is 34.8 Å². The van der Waals surface area contributed by atoms with Gasteiger partial charge in [-0.2, -0.15) is 0 Å². The van der Waals surface area contributed by atoms with Crippen molar-refractivity contribution in [1.29, 1.82) is 0 Å². The Hall–Kier alpha value is 1.37. The molecule has 0 aliphatic carbocycles. The van der Waals surface area contributed by atoms with Crippen molar-refractivity contribution in [2.45, 2.75) is 24.9 Å². The Morgan fingerprint density at radius 3 is 1.06 bits per heavy atom. The molecular formula is C7H7Na3O7. The molecule has 0 aromatic rings. The van der Waals surface area contributed by atoms with Crippen LogP contribution in [0.25, 0.3) is 0 Å². The summed E-state index contributed by atoms with van der Waals surface area (Å²) in [5.74, 6) is -5.26. The number of carbonyl (C=O) groups excluding carboxylic acids is 3. The maximum absolute atomic E-state index is 10.1. The van der Waals surface area contributed by atoms with E-state index in [1.165, 1.54) is 0 Å². The minimum atomic E-state index is -2.42. The Bertz CT molecular complexity index is 227. The van der Waals surface area contributed by atoms with E-state index in [4.69, 9.17) is 0 Å². The molecule has 7 nitrogen and oxygen atoms in total. The van der Waals surface area contributed by atoms with Crippen LogP contribution < -0.4 is 104 Å². The minimum Gasteiger partial charge on any atom is -0.550 e. The number of carbonyl (C=O) groups is 3. The molecule has 0 aromatic heterocycles. The summed E-state index contributed by atoms with van der Waals surface area (Å²) in [5.41, 5.74) is -2.42. The average Bonchev–Trinajstić information content (AvgIpc) is 1.76. The second-order valence-corrected chi connectivity index (χ2v) is 2.87. The van der Waals surface area contributed by atoms with Gasteiger partial charge < -0.3 is 34.8 Å². The fraction of sp³-hybridized carbons (Fsp3) is 0.571. The molecule has 0 spiro atoms. The third-order valence-corrected chi connectivity index (χ3v) is 1.42. The Morgan fingerprint density at radius 1 is 0.765 bits per heavy atom. The zero-order valence-corrected chi connectivity index (χ0v) is 16.0. The van der Waals surface area contributed by atoms with Crippen molar-refractivity contribution >= 4 is 17.9 Å². The van der Waals surface area contributed by atoms with Crippen LogP contribution in [0, 0.1) is 0 Å². The molecule has 0 saturated carbocycles. The van der Waals surface area contributed by atoms with Crippen molar-refractivity contribution in [3.63, 3.8) is 0 Å². The van der Waals surface area contributed by atoms with Gasteiger partial charge in [-0.1, -0.05) is 0 Å². The van der Waals surface area contributed by atoms with E-state index in [0.29, 0.717) is 0 Å². The first-order valence-corrected chi connectivity index (χ1v) is 3.57. The van der Waals surface area contributed by atoms with Crippen molar-refractivity contribution in [2.24, 2.45) is 0 Å².